The Morgan fingerprint density at radius 1 is 1.12 bits per heavy atom. The third-order valence-electron chi connectivity index (χ3n) is 6.04. The molecule has 2 heterocycles. The van der Waals surface area contributed by atoms with E-state index in [1.54, 1.807) is 0 Å². The van der Waals surface area contributed by atoms with Gasteiger partial charge < -0.3 is 14.6 Å². The number of anilines is 1. The number of rotatable bonds is 7. The highest BCUT2D eigenvalue weighted by atomic mass is 16.5. The molecule has 1 aromatic heterocycles. The predicted octanol–water partition coefficient (Wildman–Crippen LogP) is 4.97. The molecule has 1 fully saturated rings. The molecular weight excluding hydrogens is 400 g/mol. The van der Waals surface area contributed by atoms with E-state index in [9.17, 15) is 4.79 Å². The Balaban J connectivity index is 1.44. The van der Waals surface area contributed by atoms with Crippen LogP contribution in [-0.2, 0) is 23.3 Å². The second kappa shape index (κ2) is 9.33. The van der Waals surface area contributed by atoms with Gasteiger partial charge in [-0.05, 0) is 68.1 Å². The number of carbonyl (C=O) groups excluding carboxylic acids is 1. The van der Waals surface area contributed by atoms with E-state index in [2.05, 4.69) is 42.5 Å². The van der Waals surface area contributed by atoms with Gasteiger partial charge in [0.05, 0.1) is 17.6 Å². The highest BCUT2D eigenvalue weighted by Crippen LogP contribution is 2.31. The third kappa shape index (κ3) is 4.96. The smallest absolute Gasteiger partial charge is 0.262 e. The first kappa shape index (κ1) is 22.3. The van der Waals surface area contributed by atoms with Gasteiger partial charge in [-0.15, -0.1) is 0 Å². The van der Waals surface area contributed by atoms with Gasteiger partial charge >= 0.3 is 0 Å². The van der Waals surface area contributed by atoms with Gasteiger partial charge in [0.2, 0.25) is 0 Å². The molecule has 0 saturated carbocycles. The summed E-state index contributed by atoms with van der Waals surface area (Å²) in [4.78, 5) is 19.9. The van der Waals surface area contributed by atoms with Gasteiger partial charge in [0.1, 0.15) is 11.6 Å². The number of hydrogen-bond acceptors (Lipinski definition) is 4. The molecule has 0 radical (unpaired) electrons. The molecule has 32 heavy (non-hydrogen) atoms. The van der Waals surface area contributed by atoms with Crippen LogP contribution in [0.5, 0.6) is 5.75 Å². The Hall–Kier alpha value is -2.86. The standard InChI is InChI=1S/C26H34N4O2/c1-5-30-22-13-12-19(16-21(22)28-24(30)17-29-14-8-9-15-29)27-25(31)18-32-23-11-7-6-10-20(23)26(2,3)4/h6-7,10-13,16H,5,8-9,14-15,17-18H2,1-4H3,(H,27,31). The molecule has 2 aromatic carbocycles. The quantitative estimate of drug-likeness (QED) is 0.571. The zero-order chi connectivity index (χ0) is 22.7. The van der Waals surface area contributed by atoms with Gasteiger partial charge in [-0.1, -0.05) is 39.0 Å². The van der Waals surface area contributed by atoms with Crippen LogP contribution in [0.1, 0.15) is 51.9 Å². The van der Waals surface area contributed by atoms with Crippen molar-refractivity contribution in [2.45, 2.75) is 59.0 Å². The second-order valence-electron chi connectivity index (χ2n) is 9.54. The van der Waals surface area contributed by atoms with Crippen molar-refractivity contribution >= 4 is 22.6 Å². The minimum absolute atomic E-state index is 0.0330. The van der Waals surface area contributed by atoms with E-state index < -0.39 is 0 Å². The lowest BCUT2D eigenvalue weighted by atomic mass is 9.86. The van der Waals surface area contributed by atoms with E-state index in [1.165, 1.54) is 12.8 Å². The molecule has 0 bridgehead atoms. The number of aromatic nitrogens is 2. The van der Waals surface area contributed by atoms with Crippen molar-refractivity contribution in [1.29, 1.82) is 0 Å². The molecule has 0 spiro atoms. The van der Waals surface area contributed by atoms with Crippen LogP contribution in [0.3, 0.4) is 0 Å². The summed E-state index contributed by atoms with van der Waals surface area (Å²) in [5.41, 5.74) is 3.80. The largest absolute Gasteiger partial charge is 0.483 e. The third-order valence-corrected chi connectivity index (χ3v) is 6.04. The van der Waals surface area contributed by atoms with E-state index in [4.69, 9.17) is 9.72 Å². The maximum atomic E-state index is 12.6. The minimum Gasteiger partial charge on any atom is -0.483 e. The van der Waals surface area contributed by atoms with Gasteiger partial charge in [0.25, 0.3) is 5.91 Å². The lowest BCUT2D eigenvalue weighted by Crippen LogP contribution is -2.22. The molecule has 1 amide bonds. The molecule has 0 aliphatic carbocycles. The number of nitrogens with one attached hydrogen (secondary N) is 1. The molecule has 1 aliphatic heterocycles. The van der Waals surface area contributed by atoms with Gasteiger partial charge in [0.15, 0.2) is 6.61 Å². The van der Waals surface area contributed by atoms with Crippen LogP contribution >= 0.6 is 0 Å². The summed E-state index contributed by atoms with van der Waals surface area (Å²) in [6.07, 6.45) is 2.54. The van der Waals surface area contributed by atoms with E-state index in [1.807, 2.05) is 42.5 Å². The number of likely N-dealkylation sites (tertiary alicyclic amines) is 1. The lowest BCUT2D eigenvalue weighted by molar-refractivity contribution is -0.118. The fourth-order valence-electron chi connectivity index (χ4n) is 4.42. The fraction of sp³-hybridized carbons (Fsp3) is 0.462. The van der Waals surface area contributed by atoms with Crippen LogP contribution in [0.25, 0.3) is 11.0 Å². The van der Waals surface area contributed by atoms with Crippen molar-refractivity contribution in [3.8, 4) is 5.75 Å². The average Bonchev–Trinajstić information content (AvgIpc) is 3.39. The van der Waals surface area contributed by atoms with Gasteiger partial charge in [0, 0.05) is 12.2 Å². The van der Waals surface area contributed by atoms with Crippen molar-refractivity contribution in [3.05, 3.63) is 53.9 Å². The Bertz CT molecular complexity index is 1090. The summed E-state index contributed by atoms with van der Waals surface area (Å²) in [7, 11) is 0. The molecule has 1 N–H and O–H groups in total. The number of ether oxygens (including phenoxy) is 1. The van der Waals surface area contributed by atoms with E-state index >= 15 is 0 Å². The van der Waals surface area contributed by atoms with Crippen molar-refractivity contribution in [1.82, 2.24) is 14.5 Å². The van der Waals surface area contributed by atoms with Crippen LogP contribution in [0.2, 0.25) is 0 Å². The zero-order valence-electron chi connectivity index (χ0n) is 19.6. The summed E-state index contributed by atoms with van der Waals surface area (Å²) in [6, 6.07) is 13.8. The molecule has 3 aromatic rings. The number of benzene rings is 2. The van der Waals surface area contributed by atoms with Crippen molar-refractivity contribution in [3.63, 3.8) is 0 Å². The first-order valence-corrected chi connectivity index (χ1v) is 11.6. The summed E-state index contributed by atoms with van der Waals surface area (Å²) in [5, 5.41) is 2.96. The van der Waals surface area contributed by atoms with Crippen LogP contribution in [0.4, 0.5) is 5.69 Å². The summed E-state index contributed by atoms with van der Waals surface area (Å²) >= 11 is 0. The Kier molecular flexibility index (Phi) is 6.51. The van der Waals surface area contributed by atoms with E-state index in [0.29, 0.717) is 0 Å². The molecule has 170 valence electrons. The first-order chi connectivity index (χ1) is 15.3. The highest BCUT2D eigenvalue weighted by molar-refractivity contribution is 5.94. The number of imidazole rings is 1. The minimum atomic E-state index is -0.180. The van der Waals surface area contributed by atoms with E-state index in [-0.39, 0.29) is 17.9 Å². The lowest BCUT2D eigenvalue weighted by Gasteiger charge is -2.22. The Morgan fingerprint density at radius 3 is 2.59 bits per heavy atom. The monoisotopic (exact) mass is 434 g/mol. The zero-order valence-corrected chi connectivity index (χ0v) is 19.6. The van der Waals surface area contributed by atoms with Crippen molar-refractivity contribution in [2.75, 3.05) is 25.0 Å². The van der Waals surface area contributed by atoms with Crippen molar-refractivity contribution < 1.29 is 9.53 Å². The number of hydrogen-bond donors (Lipinski definition) is 1. The maximum absolute atomic E-state index is 12.6. The molecule has 4 rings (SSSR count). The Morgan fingerprint density at radius 2 is 1.88 bits per heavy atom. The molecule has 1 saturated heterocycles. The van der Waals surface area contributed by atoms with Crippen LogP contribution in [-0.4, -0.2) is 40.1 Å². The molecule has 0 atom stereocenters. The number of fused-ring (bicyclic) bond motifs is 1. The van der Waals surface area contributed by atoms with Crippen LogP contribution < -0.4 is 10.1 Å². The maximum Gasteiger partial charge on any atom is 0.262 e. The number of amides is 1. The highest BCUT2D eigenvalue weighted by Gasteiger charge is 2.19. The van der Waals surface area contributed by atoms with Crippen LogP contribution in [0, 0.1) is 0 Å². The summed E-state index contributed by atoms with van der Waals surface area (Å²) < 4.78 is 8.13. The second-order valence-corrected chi connectivity index (χ2v) is 9.54. The number of para-hydroxylation sites is 1. The predicted molar refractivity (Wildman–Crippen MR) is 129 cm³/mol. The van der Waals surface area contributed by atoms with Gasteiger partial charge in [-0.2, -0.15) is 0 Å². The summed E-state index contributed by atoms with van der Waals surface area (Å²) in [5.74, 6) is 1.66. The SMILES string of the molecule is CCn1c(CN2CCCC2)nc2cc(NC(=O)COc3ccccc3C(C)(C)C)ccc21. The molecule has 1 aliphatic rings. The number of nitrogens with zero attached hydrogens (tertiary/aromatic N) is 3. The van der Waals surface area contributed by atoms with E-state index in [0.717, 1.165) is 60.0 Å². The number of aryl methyl sites for hydroxylation is 1. The normalized spacial score (nSPS) is 14.8. The molecule has 0 unspecified atom stereocenters. The average molecular weight is 435 g/mol. The van der Waals surface area contributed by atoms with Crippen molar-refractivity contribution in [2.24, 2.45) is 0 Å². The molecular formula is C26H34N4O2. The fourth-order valence-corrected chi connectivity index (χ4v) is 4.42. The molecule has 6 heteroatoms. The molecule has 6 nitrogen and oxygen atoms in total. The van der Waals surface area contributed by atoms with Gasteiger partial charge in [-0.3, -0.25) is 9.69 Å². The first-order valence-electron chi connectivity index (χ1n) is 11.6. The van der Waals surface area contributed by atoms with Crippen LogP contribution in [0.15, 0.2) is 42.5 Å². The summed E-state index contributed by atoms with van der Waals surface area (Å²) in [6.45, 7) is 12.6. The van der Waals surface area contributed by atoms with Gasteiger partial charge in [-0.25, -0.2) is 4.98 Å². The number of carbonyl (C=O) groups is 1. The Labute approximate surface area is 190 Å². The topological polar surface area (TPSA) is 59.4 Å².